The Morgan fingerprint density at radius 1 is 1.47 bits per heavy atom. The van der Waals surface area contributed by atoms with Gasteiger partial charge in [-0.05, 0) is 12.1 Å². The summed E-state index contributed by atoms with van der Waals surface area (Å²) in [6, 6.07) is 4.50. The van der Waals surface area contributed by atoms with Crippen molar-refractivity contribution in [2.75, 3.05) is 0 Å². The number of oxazole rings is 1. The molecule has 0 atom stereocenters. The van der Waals surface area contributed by atoms with Crippen molar-refractivity contribution in [3.63, 3.8) is 0 Å². The Labute approximate surface area is 90.3 Å². The van der Waals surface area contributed by atoms with E-state index < -0.39 is 9.05 Å². The Hall–Kier alpha value is -1.11. The molecular weight excluding hydrogens is 240 g/mol. The normalized spacial score (nSPS) is 12.1. The number of benzene rings is 1. The third kappa shape index (κ3) is 1.83. The fourth-order valence-corrected chi connectivity index (χ4v) is 2.25. The highest BCUT2D eigenvalue weighted by Crippen LogP contribution is 2.25. The Kier molecular flexibility index (Phi) is 2.41. The van der Waals surface area contributed by atoms with Crippen LogP contribution in [-0.2, 0) is 15.6 Å². The summed E-state index contributed by atoms with van der Waals surface area (Å²) < 4.78 is 27.6. The van der Waals surface area contributed by atoms with E-state index >= 15 is 0 Å². The van der Waals surface area contributed by atoms with Crippen molar-refractivity contribution in [2.45, 2.75) is 11.4 Å². The Bertz CT molecular complexity index is 605. The van der Waals surface area contributed by atoms with Crippen molar-refractivity contribution < 1.29 is 12.8 Å². The van der Waals surface area contributed by atoms with Crippen molar-refractivity contribution >= 4 is 30.8 Å². The van der Waals surface area contributed by atoms with Gasteiger partial charge in [0.15, 0.2) is 5.58 Å². The van der Waals surface area contributed by atoms with Gasteiger partial charge >= 0.3 is 0 Å². The molecule has 0 fully saturated rings. The fourth-order valence-electron chi connectivity index (χ4n) is 1.25. The van der Waals surface area contributed by atoms with E-state index in [9.17, 15) is 8.42 Å². The van der Waals surface area contributed by atoms with E-state index in [1.165, 1.54) is 12.1 Å². The maximum Gasteiger partial charge on any atom is 0.263 e. The van der Waals surface area contributed by atoms with Crippen LogP contribution in [0.1, 0.15) is 5.89 Å². The van der Waals surface area contributed by atoms with Crippen LogP contribution in [0, 0.1) is 0 Å². The first-order valence-corrected chi connectivity index (χ1v) is 6.36. The van der Waals surface area contributed by atoms with Crippen molar-refractivity contribution in [1.29, 1.82) is 0 Å². The molecule has 2 N–H and O–H groups in total. The van der Waals surface area contributed by atoms with Gasteiger partial charge in [0.25, 0.3) is 9.05 Å². The van der Waals surface area contributed by atoms with E-state index in [1.807, 2.05) is 0 Å². The molecule has 2 rings (SSSR count). The average Bonchev–Trinajstić information content (AvgIpc) is 2.57. The number of halogens is 1. The molecule has 0 unspecified atom stereocenters. The highest BCUT2D eigenvalue weighted by atomic mass is 35.7. The lowest BCUT2D eigenvalue weighted by Gasteiger charge is -1.94. The molecule has 0 saturated heterocycles. The Morgan fingerprint density at radius 2 is 2.20 bits per heavy atom. The van der Waals surface area contributed by atoms with Crippen molar-refractivity contribution in [2.24, 2.45) is 5.73 Å². The van der Waals surface area contributed by atoms with Gasteiger partial charge in [0.2, 0.25) is 5.89 Å². The van der Waals surface area contributed by atoms with Crippen LogP contribution >= 0.6 is 10.7 Å². The number of rotatable bonds is 2. The van der Waals surface area contributed by atoms with Gasteiger partial charge in [-0.1, -0.05) is 6.07 Å². The fraction of sp³-hybridized carbons (Fsp3) is 0.125. The quantitative estimate of drug-likeness (QED) is 0.805. The summed E-state index contributed by atoms with van der Waals surface area (Å²) in [5.41, 5.74) is 5.91. The topological polar surface area (TPSA) is 86.2 Å². The van der Waals surface area contributed by atoms with Crippen LogP contribution in [0.3, 0.4) is 0 Å². The SMILES string of the molecule is NCc1nc2c(S(=O)(=O)Cl)cccc2o1. The van der Waals surface area contributed by atoms with Crippen LogP contribution in [0.2, 0.25) is 0 Å². The van der Waals surface area contributed by atoms with Crippen LogP contribution in [0.5, 0.6) is 0 Å². The summed E-state index contributed by atoms with van der Waals surface area (Å²) >= 11 is 0. The second-order valence-electron chi connectivity index (χ2n) is 2.85. The average molecular weight is 247 g/mol. The molecule has 7 heteroatoms. The number of nitrogens with zero attached hydrogens (tertiary/aromatic N) is 1. The molecule has 15 heavy (non-hydrogen) atoms. The number of nitrogens with two attached hydrogens (primary N) is 1. The number of fused-ring (bicyclic) bond motifs is 1. The molecule has 1 heterocycles. The lowest BCUT2D eigenvalue weighted by atomic mass is 10.3. The summed E-state index contributed by atoms with van der Waals surface area (Å²) in [7, 11) is 1.43. The van der Waals surface area contributed by atoms with Gasteiger partial charge in [0.1, 0.15) is 10.4 Å². The zero-order valence-corrected chi connectivity index (χ0v) is 9.05. The molecule has 0 saturated carbocycles. The molecule has 0 aliphatic rings. The molecule has 0 spiro atoms. The largest absolute Gasteiger partial charge is 0.439 e. The van der Waals surface area contributed by atoms with Crippen molar-refractivity contribution in [1.82, 2.24) is 4.98 Å². The molecule has 1 aromatic heterocycles. The van der Waals surface area contributed by atoms with E-state index in [0.29, 0.717) is 5.58 Å². The lowest BCUT2D eigenvalue weighted by molar-refractivity contribution is 0.533. The van der Waals surface area contributed by atoms with E-state index in [4.69, 9.17) is 20.8 Å². The first-order chi connectivity index (χ1) is 7.02. The van der Waals surface area contributed by atoms with Gasteiger partial charge in [-0.3, -0.25) is 0 Å². The van der Waals surface area contributed by atoms with Gasteiger partial charge in [-0.25, -0.2) is 13.4 Å². The van der Waals surface area contributed by atoms with Crippen molar-refractivity contribution in [3.05, 3.63) is 24.1 Å². The van der Waals surface area contributed by atoms with Gasteiger partial charge < -0.3 is 10.2 Å². The van der Waals surface area contributed by atoms with Gasteiger partial charge in [0, 0.05) is 10.7 Å². The summed E-state index contributed by atoms with van der Waals surface area (Å²) in [4.78, 5) is 3.88. The van der Waals surface area contributed by atoms with E-state index in [0.717, 1.165) is 0 Å². The zero-order valence-electron chi connectivity index (χ0n) is 7.47. The van der Waals surface area contributed by atoms with E-state index in [1.54, 1.807) is 6.07 Å². The van der Waals surface area contributed by atoms with Gasteiger partial charge in [0.05, 0.1) is 6.54 Å². The molecule has 0 bridgehead atoms. The molecule has 1 aromatic carbocycles. The van der Waals surface area contributed by atoms with Gasteiger partial charge in [-0.15, -0.1) is 0 Å². The molecule has 0 radical (unpaired) electrons. The number of para-hydroxylation sites is 1. The van der Waals surface area contributed by atoms with Crippen LogP contribution < -0.4 is 5.73 Å². The molecular formula is C8H7ClN2O3S. The Balaban J connectivity index is 2.81. The van der Waals surface area contributed by atoms with E-state index in [2.05, 4.69) is 4.98 Å². The maximum atomic E-state index is 11.2. The monoisotopic (exact) mass is 246 g/mol. The van der Waals surface area contributed by atoms with Crippen molar-refractivity contribution in [3.8, 4) is 0 Å². The second-order valence-corrected chi connectivity index (χ2v) is 5.39. The predicted octanol–water partition coefficient (Wildman–Crippen LogP) is 1.21. The Morgan fingerprint density at radius 3 is 2.80 bits per heavy atom. The molecule has 5 nitrogen and oxygen atoms in total. The van der Waals surface area contributed by atoms with E-state index in [-0.39, 0.29) is 22.8 Å². The number of aromatic nitrogens is 1. The minimum absolute atomic E-state index is 0.0647. The highest BCUT2D eigenvalue weighted by molar-refractivity contribution is 8.14. The maximum absolute atomic E-state index is 11.2. The summed E-state index contributed by atoms with van der Waals surface area (Å²) in [5, 5.41) is 0. The summed E-state index contributed by atoms with van der Waals surface area (Å²) in [6.45, 7) is 0.108. The van der Waals surface area contributed by atoms with Crippen LogP contribution in [-0.4, -0.2) is 13.4 Å². The van der Waals surface area contributed by atoms with Gasteiger partial charge in [-0.2, -0.15) is 0 Å². The minimum atomic E-state index is -3.82. The minimum Gasteiger partial charge on any atom is -0.439 e. The van der Waals surface area contributed by atoms with Crippen LogP contribution in [0.15, 0.2) is 27.5 Å². The molecule has 2 aromatic rings. The summed E-state index contributed by atoms with van der Waals surface area (Å²) in [5.74, 6) is 0.276. The number of hydrogen-bond donors (Lipinski definition) is 1. The highest BCUT2D eigenvalue weighted by Gasteiger charge is 2.17. The van der Waals surface area contributed by atoms with Crippen LogP contribution in [0.4, 0.5) is 0 Å². The first-order valence-electron chi connectivity index (χ1n) is 4.05. The first kappa shape index (κ1) is 10.4. The third-order valence-electron chi connectivity index (χ3n) is 1.86. The predicted molar refractivity (Wildman–Crippen MR) is 54.9 cm³/mol. The summed E-state index contributed by atoms with van der Waals surface area (Å²) in [6.07, 6.45) is 0. The number of hydrogen-bond acceptors (Lipinski definition) is 5. The standard InChI is InChI=1S/C8H7ClN2O3S/c9-15(12,13)6-3-1-2-5-8(6)11-7(4-10)14-5/h1-3H,4,10H2. The molecule has 80 valence electrons. The molecule has 0 aliphatic heterocycles. The van der Waals surface area contributed by atoms with Crippen LogP contribution in [0.25, 0.3) is 11.1 Å². The third-order valence-corrected chi connectivity index (χ3v) is 3.22. The molecule has 0 amide bonds. The zero-order chi connectivity index (χ0) is 11.1. The lowest BCUT2D eigenvalue weighted by Crippen LogP contribution is -1.96. The second kappa shape index (κ2) is 3.48. The smallest absolute Gasteiger partial charge is 0.263 e. The molecule has 0 aliphatic carbocycles.